The molecular formula is C20H20ClN3O2S. The summed E-state index contributed by atoms with van der Waals surface area (Å²) < 4.78 is 1.87. The molecule has 1 aliphatic rings. The molecule has 1 aliphatic heterocycles. The lowest BCUT2D eigenvalue weighted by Crippen LogP contribution is -2.35. The second-order valence-corrected chi connectivity index (χ2v) is 7.90. The molecule has 1 N–H and O–H groups in total. The summed E-state index contributed by atoms with van der Waals surface area (Å²) >= 11 is 7.68. The first-order chi connectivity index (χ1) is 13.1. The molecule has 2 atom stereocenters. The molecule has 140 valence electrons. The van der Waals surface area contributed by atoms with Crippen LogP contribution < -0.4 is 0 Å². The van der Waals surface area contributed by atoms with Gasteiger partial charge in [0, 0.05) is 30.2 Å². The van der Waals surface area contributed by atoms with Crippen molar-refractivity contribution in [3.8, 4) is 0 Å². The van der Waals surface area contributed by atoms with E-state index in [1.54, 1.807) is 12.2 Å². The monoisotopic (exact) mass is 401 g/mol. The molecule has 0 saturated carbocycles. The minimum Gasteiger partial charge on any atom is -0.388 e. The molecular weight excluding hydrogens is 382 g/mol. The van der Waals surface area contributed by atoms with E-state index in [0.717, 1.165) is 23.4 Å². The third-order valence-corrected chi connectivity index (χ3v) is 6.01. The Morgan fingerprint density at radius 1 is 1.41 bits per heavy atom. The van der Waals surface area contributed by atoms with Gasteiger partial charge in [-0.2, -0.15) is 0 Å². The molecule has 27 heavy (non-hydrogen) atoms. The Labute approximate surface area is 166 Å². The van der Waals surface area contributed by atoms with E-state index in [0.29, 0.717) is 23.8 Å². The number of thiazole rings is 1. The Kier molecular flexibility index (Phi) is 5.29. The van der Waals surface area contributed by atoms with Crippen LogP contribution >= 0.6 is 22.9 Å². The number of fused-ring (bicyclic) bond motifs is 1. The van der Waals surface area contributed by atoms with Gasteiger partial charge in [0.15, 0.2) is 10.1 Å². The largest absolute Gasteiger partial charge is 0.388 e. The molecule has 1 saturated heterocycles. The lowest BCUT2D eigenvalue weighted by molar-refractivity contribution is -0.127. The Hall–Kier alpha value is -2.15. The Balaban J connectivity index is 1.46. The topological polar surface area (TPSA) is 57.8 Å². The van der Waals surface area contributed by atoms with Gasteiger partial charge in [0.1, 0.15) is 0 Å². The van der Waals surface area contributed by atoms with Crippen molar-refractivity contribution in [3.05, 3.63) is 64.4 Å². The van der Waals surface area contributed by atoms with E-state index >= 15 is 0 Å². The number of amides is 1. The summed E-state index contributed by atoms with van der Waals surface area (Å²) in [7, 11) is 0. The van der Waals surface area contributed by atoms with Gasteiger partial charge in [-0.3, -0.25) is 9.20 Å². The van der Waals surface area contributed by atoms with Crippen molar-refractivity contribution in [1.82, 2.24) is 14.3 Å². The molecule has 0 spiro atoms. The number of carbonyl (C=O) groups excluding carboxylic acids is 1. The van der Waals surface area contributed by atoms with E-state index in [2.05, 4.69) is 4.98 Å². The summed E-state index contributed by atoms with van der Waals surface area (Å²) in [6.45, 7) is 0.712. The fraction of sp³-hybridized carbons (Fsp3) is 0.300. The number of aliphatic hydroxyl groups excluding tert-OH is 1. The minimum absolute atomic E-state index is 0.0411. The number of imidazole rings is 1. The number of likely N-dealkylation sites (tertiary alicyclic amines) is 1. The minimum atomic E-state index is -0.566. The van der Waals surface area contributed by atoms with Gasteiger partial charge >= 0.3 is 0 Å². The number of carbonyl (C=O) groups is 1. The molecule has 3 heterocycles. The van der Waals surface area contributed by atoms with Gasteiger partial charge in [0.05, 0.1) is 11.8 Å². The van der Waals surface area contributed by atoms with Crippen LogP contribution in [0.2, 0.25) is 5.15 Å². The SMILES string of the molecule is O=C(/C=C\c1c(Cl)nc2sccn12)N1CCC[C@@H]1C[C@@H](O)c1ccccc1. The molecule has 0 aliphatic carbocycles. The zero-order valence-corrected chi connectivity index (χ0v) is 16.2. The standard InChI is InChI=1S/C20H20ClN3O2S/c21-19-16(24-11-12-27-20(24)22-19)8-9-18(26)23-10-4-7-15(23)13-17(25)14-5-2-1-3-6-14/h1-3,5-6,8-9,11-12,15,17,25H,4,7,10,13H2/b9-8-/t15-,17-/m1/s1. The maximum Gasteiger partial charge on any atom is 0.246 e. The average molecular weight is 402 g/mol. The number of nitrogens with zero attached hydrogens (tertiary/aromatic N) is 3. The summed E-state index contributed by atoms with van der Waals surface area (Å²) in [6, 6.07) is 9.63. The van der Waals surface area contributed by atoms with E-state index in [-0.39, 0.29) is 11.9 Å². The molecule has 1 aromatic carbocycles. The van der Waals surface area contributed by atoms with Crippen LogP contribution in [0.4, 0.5) is 0 Å². The lowest BCUT2D eigenvalue weighted by atomic mass is 10.0. The molecule has 0 bridgehead atoms. The Bertz CT molecular complexity index is 966. The molecule has 2 aromatic heterocycles. The van der Waals surface area contributed by atoms with Crippen LogP contribution in [0.1, 0.15) is 36.6 Å². The second kappa shape index (κ2) is 7.84. The van der Waals surface area contributed by atoms with Crippen molar-refractivity contribution in [2.24, 2.45) is 0 Å². The number of benzene rings is 1. The van der Waals surface area contributed by atoms with Crippen LogP contribution in [0, 0.1) is 0 Å². The quantitative estimate of drug-likeness (QED) is 0.652. The van der Waals surface area contributed by atoms with Crippen LogP contribution in [-0.4, -0.2) is 37.9 Å². The zero-order valence-electron chi connectivity index (χ0n) is 14.7. The highest BCUT2D eigenvalue weighted by Gasteiger charge is 2.29. The summed E-state index contributed by atoms with van der Waals surface area (Å²) in [5, 5.41) is 12.8. The van der Waals surface area contributed by atoms with Gasteiger partial charge < -0.3 is 10.0 Å². The van der Waals surface area contributed by atoms with Crippen molar-refractivity contribution in [2.75, 3.05) is 6.54 Å². The van der Waals surface area contributed by atoms with Crippen LogP contribution in [0.15, 0.2) is 48.0 Å². The average Bonchev–Trinajstić information content (AvgIpc) is 3.37. The first-order valence-corrected chi connectivity index (χ1v) is 10.2. The number of halogens is 1. The van der Waals surface area contributed by atoms with Crippen molar-refractivity contribution < 1.29 is 9.90 Å². The third kappa shape index (κ3) is 3.78. The molecule has 1 fully saturated rings. The van der Waals surface area contributed by atoms with Crippen LogP contribution in [0.5, 0.6) is 0 Å². The fourth-order valence-corrected chi connectivity index (χ4v) is 4.62. The maximum absolute atomic E-state index is 12.7. The summed E-state index contributed by atoms with van der Waals surface area (Å²) in [5.74, 6) is -0.0565. The number of hydrogen-bond donors (Lipinski definition) is 1. The van der Waals surface area contributed by atoms with Crippen molar-refractivity contribution in [1.29, 1.82) is 0 Å². The maximum atomic E-state index is 12.7. The number of aliphatic hydroxyl groups is 1. The number of hydrogen-bond acceptors (Lipinski definition) is 4. The van der Waals surface area contributed by atoms with Crippen molar-refractivity contribution >= 4 is 39.9 Å². The lowest BCUT2D eigenvalue weighted by Gasteiger charge is -2.25. The Morgan fingerprint density at radius 3 is 3.04 bits per heavy atom. The van der Waals surface area contributed by atoms with Crippen LogP contribution in [0.3, 0.4) is 0 Å². The first-order valence-electron chi connectivity index (χ1n) is 8.96. The highest BCUT2D eigenvalue weighted by Crippen LogP contribution is 2.28. The normalized spacial score (nSPS) is 18.6. The molecule has 7 heteroatoms. The zero-order chi connectivity index (χ0) is 18.8. The van der Waals surface area contributed by atoms with E-state index in [1.807, 2.05) is 51.2 Å². The van der Waals surface area contributed by atoms with Gasteiger partial charge in [0.2, 0.25) is 5.91 Å². The predicted molar refractivity (Wildman–Crippen MR) is 108 cm³/mol. The van der Waals surface area contributed by atoms with Gasteiger partial charge in [0.25, 0.3) is 0 Å². The van der Waals surface area contributed by atoms with E-state index in [4.69, 9.17) is 11.6 Å². The molecule has 3 aromatic rings. The third-order valence-electron chi connectivity index (χ3n) is 4.98. The van der Waals surface area contributed by atoms with Crippen LogP contribution in [0.25, 0.3) is 11.0 Å². The van der Waals surface area contributed by atoms with Crippen molar-refractivity contribution in [2.45, 2.75) is 31.4 Å². The number of aromatic nitrogens is 2. The van der Waals surface area contributed by atoms with Gasteiger partial charge in [-0.1, -0.05) is 41.9 Å². The predicted octanol–water partition coefficient (Wildman–Crippen LogP) is 4.18. The Morgan fingerprint density at radius 2 is 2.22 bits per heavy atom. The number of rotatable bonds is 5. The fourth-order valence-electron chi connectivity index (χ4n) is 3.61. The van der Waals surface area contributed by atoms with Gasteiger partial charge in [-0.25, -0.2) is 4.98 Å². The summed E-state index contributed by atoms with van der Waals surface area (Å²) in [4.78, 5) is 19.7. The van der Waals surface area contributed by atoms with Crippen molar-refractivity contribution in [3.63, 3.8) is 0 Å². The summed E-state index contributed by atoms with van der Waals surface area (Å²) in [5.41, 5.74) is 1.60. The van der Waals surface area contributed by atoms with E-state index < -0.39 is 6.10 Å². The van der Waals surface area contributed by atoms with Gasteiger partial charge in [-0.15, -0.1) is 11.3 Å². The molecule has 4 rings (SSSR count). The van der Waals surface area contributed by atoms with E-state index in [9.17, 15) is 9.90 Å². The van der Waals surface area contributed by atoms with Crippen LogP contribution in [-0.2, 0) is 4.79 Å². The van der Waals surface area contributed by atoms with E-state index in [1.165, 1.54) is 11.3 Å². The molecule has 1 amide bonds. The molecule has 0 unspecified atom stereocenters. The van der Waals surface area contributed by atoms with Gasteiger partial charge in [-0.05, 0) is 30.9 Å². The first kappa shape index (κ1) is 18.2. The second-order valence-electron chi connectivity index (χ2n) is 6.67. The highest BCUT2D eigenvalue weighted by atomic mass is 35.5. The molecule has 0 radical (unpaired) electrons. The summed E-state index contributed by atoms with van der Waals surface area (Å²) in [6.07, 6.45) is 7.01. The highest BCUT2D eigenvalue weighted by molar-refractivity contribution is 7.15. The molecule has 5 nitrogen and oxygen atoms in total. The smallest absolute Gasteiger partial charge is 0.246 e.